The molecule has 1 aromatic carbocycles. The highest BCUT2D eigenvalue weighted by atomic mass is 16.3. The van der Waals surface area contributed by atoms with Crippen LogP contribution in [0.4, 0.5) is 0 Å². The van der Waals surface area contributed by atoms with E-state index in [1.54, 1.807) is 23.1 Å². The van der Waals surface area contributed by atoms with Crippen LogP contribution in [0.1, 0.15) is 25.3 Å². The number of likely N-dealkylation sites (tertiary alicyclic amines) is 1. The first kappa shape index (κ1) is 14.1. The predicted octanol–water partition coefficient (Wildman–Crippen LogP) is 2.56. The molecule has 0 unspecified atom stereocenters. The van der Waals surface area contributed by atoms with Crippen molar-refractivity contribution in [3.05, 3.63) is 35.4 Å². The van der Waals surface area contributed by atoms with Crippen LogP contribution in [0.5, 0.6) is 5.75 Å². The monoisotopic (exact) mass is 270 g/mol. The Morgan fingerprint density at radius 2 is 2.15 bits per heavy atom. The minimum Gasteiger partial charge on any atom is -0.508 e. The Labute approximate surface area is 118 Å². The number of amides is 1. The number of aromatic hydroxyl groups is 1. The number of phenols is 1. The van der Waals surface area contributed by atoms with Crippen LogP contribution in [0.2, 0.25) is 0 Å². The zero-order valence-corrected chi connectivity index (χ0v) is 11.5. The lowest BCUT2D eigenvalue weighted by molar-refractivity contribution is -0.127. The molecule has 4 nitrogen and oxygen atoms in total. The van der Waals surface area contributed by atoms with Gasteiger partial charge in [0, 0.05) is 13.1 Å². The molecule has 2 rings (SSSR count). The van der Waals surface area contributed by atoms with Gasteiger partial charge in [-0.3, -0.25) is 4.79 Å². The first-order valence-corrected chi connectivity index (χ1v) is 6.80. The SMILES string of the molecule is CC1CCN(C(=O)/C(C#N)=C/c2cccc(O)c2)CC1. The van der Waals surface area contributed by atoms with E-state index in [1.165, 1.54) is 12.1 Å². The number of benzene rings is 1. The van der Waals surface area contributed by atoms with Gasteiger partial charge in [-0.25, -0.2) is 0 Å². The fourth-order valence-electron chi connectivity index (χ4n) is 2.31. The molecule has 0 aliphatic carbocycles. The van der Waals surface area contributed by atoms with Crippen molar-refractivity contribution in [2.24, 2.45) is 5.92 Å². The molecule has 20 heavy (non-hydrogen) atoms. The molecule has 0 bridgehead atoms. The average Bonchev–Trinajstić information content (AvgIpc) is 2.45. The number of hydrogen-bond donors (Lipinski definition) is 1. The summed E-state index contributed by atoms with van der Waals surface area (Å²) >= 11 is 0. The molecule has 4 heteroatoms. The van der Waals surface area contributed by atoms with Gasteiger partial charge in [0.05, 0.1) is 0 Å². The number of hydrogen-bond acceptors (Lipinski definition) is 3. The summed E-state index contributed by atoms with van der Waals surface area (Å²) in [5.74, 6) is 0.540. The number of nitrogens with zero attached hydrogens (tertiary/aromatic N) is 2. The highest BCUT2D eigenvalue weighted by molar-refractivity contribution is 6.01. The zero-order chi connectivity index (χ0) is 14.5. The van der Waals surface area contributed by atoms with Crippen molar-refractivity contribution in [1.29, 1.82) is 5.26 Å². The van der Waals surface area contributed by atoms with Crippen LogP contribution in [0.25, 0.3) is 6.08 Å². The maximum Gasteiger partial charge on any atom is 0.264 e. The molecule has 1 aliphatic rings. The number of carbonyl (C=O) groups excluding carboxylic acids is 1. The standard InChI is InChI=1S/C16H18N2O2/c1-12-5-7-18(8-6-12)16(20)14(11-17)9-13-3-2-4-15(19)10-13/h2-4,9-10,12,19H,5-8H2,1H3/b14-9+. The second-order valence-electron chi connectivity index (χ2n) is 5.24. The van der Waals surface area contributed by atoms with E-state index < -0.39 is 0 Å². The van der Waals surface area contributed by atoms with Crippen LogP contribution in [0.3, 0.4) is 0 Å². The van der Waals surface area contributed by atoms with Gasteiger partial charge >= 0.3 is 0 Å². The predicted molar refractivity (Wildman–Crippen MR) is 76.7 cm³/mol. The van der Waals surface area contributed by atoms with E-state index >= 15 is 0 Å². The van der Waals surface area contributed by atoms with E-state index in [0.717, 1.165) is 12.8 Å². The molecule has 0 saturated carbocycles. The summed E-state index contributed by atoms with van der Waals surface area (Å²) in [5, 5.41) is 18.6. The van der Waals surface area contributed by atoms with E-state index in [4.69, 9.17) is 0 Å². The molecule has 1 aromatic rings. The number of piperidine rings is 1. The van der Waals surface area contributed by atoms with Crippen LogP contribution in [0, 0.1) is 17.2 Å². The summed E-state index contributed by atoms with van der Waals surface area (Å²) < 4.78 is 0. The lowest BCUT2D eigenvalue weighted by Crippen LogP contribution is -2.38. The van der Waals surface area contributed by atoms with Crippen LogP contribution < -0.4 is 0 Å². The van der Waals surface area contributed by atoms with Crippen molar-refractivity contribution in [1.82, 2.24) is 4.90 Å². The van der Waals surface area contributed by atoms with Gasteiger partial charge in [-0.1, -0.05) is 19.1 Å². The van der Waals surface area contributed by atoms with Gasteiger partial charge in [-0.2, -0.15) is 5.26 Å². The van der Waals surface area contributed by atoms with Crippen molar-refractivity contribution in [3.8, 4) is 11.8 Å². The molecule has 1 aliphatic heterocycles. The van der Waals surface area contributed by atoms with E-state index in [-0.39, 0.29) is 17.2 Å². The van der Waals surface area contributed by atoms with Crippen molar-refractivity contribution in [2.45, 2.75) is 19.8 Å². The molecular weight excluding hydrogens is 252 g/mol. The fourth-order valence-corrected chi connectivity index (χ4v) is 2.31. The lowest BCUT2D eigenvalue weighted by Gasteiger charge is -2.30. The van der Waals surface area contributed by atoms with Gasteiger partial charge in [-0.15, -0.1) is 0 Å². The quantitative estimate of drug-likeness (QED) is 0.663. The van der Waals surface area contributed by atoms with Gasteiger partial charge in [0.1, 0.15) is 17.4 Å². The molecule has 1 amide bonds. The van der Waals surface area contributed by atoms with E-state index in [0.29, 0.717) is 24.6 Å². The third-order valence-electron chi connectivity index (χ3n) is 3.60. The topological polar surface area (TPSA) is 64.3 Å². The summed E-state index contributed by atoms with van der Waals surface area (Å²) in [5.41, 5.74) is 0.769. The highest BCUT2D eigenvalue weighted by Gasteiger charge is 2.22. The molecule has 1 heterocycles. The minimum absolute atomic E-state index is 0.116. The fraction of sp³-hybridized carbons (Fsp3) is 0.375. The average molecular weight is 270 g/mol. The van der Waals surface area contributed by atoms with Crippen molar-refractivity contribution in [2.75, 3.05) is 13.1 Å². The molecule has 0 aromatic heterocycles. The summed E-state index contributed by atoms with van der Waals surface area (Å²) in [4.78, 5) is 14.0. The Morgan fingerprint density at radius 3 is 2.75 bits per heavy atom. The minimum atomic E-state index is -0.220. The highest BCUT2D eigenvalue weighted by Crippen LogP contribution is 2.19. The number of phenolic OH excluding ortho intramolecular Hbond substituents is 1. The zero-order valence-electron chi connectivity index (χ0n) is 11.5. The Hall–Kier alpha value is -2.28. The van der Waals surface area contributed by atoms with E-state index in [9.17, 15) is 15.2 Å². The van der Waals surface area contributed by atoms with Crippen molar-refractivity contribution >= 4 is 12.0 Å². The third kappa shape index (κ3) is 3.39. The molecule has 104 valence electrons. The molecule has 0 atom stereocenters. The van der Waals surface area contributed by atoms with Gasteiger partial charge in [0.15, 0.2) is 0 Å². The molecular formula is C16H18N2O2. The summed E-state index contributed by atoms with van der Waals surface area (Å²) in [6, 6.07) is 8.49. The summed E-state index contributed by atoms with van der Waals surface area (Å²) in [6.45, 7) is 3.59. The molecule has 1 fully saturated rings. The molecule has 0 radical (unpaired) electrons. The van der Waals surface area contributed by atoms with Gasteiger partial charge < -0.3 is 10.0 Å². The Bertz CT molecular complexity index is 564. The summed E-state index contributed by atoms with van der Waals surface area (Å²) in [6.07, 6.45) is 3.49. The Morgan fingerprint density at radius 1 is 1.45 bits per heavy atom. The number of rotatable bonds is 2. The Balaban J connectivity index is 2.16. The van der Waals surface area contributed by atoms with Crippen LogP contribution in [-0.4, -0.2) is 29.0 Å². The third-order valence-corrected chi connectivity index (χ3v) is 3.60. The normalized spacial score (nSPS) is 16.8. The largest absolute Gasteiger partial charge is 0.508 e. The van der Waals surface area contributed by atoms with Gasteiger partial charge in [-0.05, 0) is 42.5 Å². The second kappa shape index (κ2) is 6.25. The van der Waals surface area contributed by atoms with E-state index in [1.807, 2.05) is 6.07 Å². The van der Waals surface area contributed by atoms with E-state index in [2.05, 4.69) is 6.92 Å². The summed E-state index contributed by atoms with van der Waals surface area (Å²) in [7, 11) is 0. The van der Waals surface area contributed by atoms with Crippen LogP contribution >= 0.6 is 0 Å². The molecule has 1 saturated heterocycles. The van der Waals surface area contributed by atoms with Crippen LogP contribution in [-0.2, 0) is 4.79 Å². The van der Waals surface area contributed by atoms with Crippen molar-refractivity contribution in [3.63, 3.8) is 0 Å². The number of carbonyl (C=O) groups is 1. The maximum atomic E-state index is 12.3. The molecule has 0 spiro atoms. The molecule has 1 N–H and O–H groups in total. The Kier molecular flexibility index (Phi) is 4.41. The smallest absolute Gasteiger partial charge is 0.264 e. The first-order valence-electron chi connectivity index (χ1n) is 6.80. The second-order valence-corrected chi connectivity index (χ2v) is 5.24. The van der Waals surface area contributed by atoms with Crippen LogP contribution in [0.15, 0.2) is 29.8 Å². The van der Waals surface area contributed by atoms with Gasteiger partial charge in [0.25, 0.3) is 5.91 Å². The van der Waals surface area contributed by atoms with Gasteiger partial charge in [0.2, 0.25) is 0 Å². The first-order chi connectivity index (χ1) is 9.60. The lowest BCUT2D eigenvalue weighted by atomic mass is 9.98. The van der Waals surface area contributed by atoms with Crippen molar-refractivity contribution < 1.29 is 9.90 Å². The maximum absolute atomic E-state index is 12.3. The number of nitriles is 1.